The van der Waals surface area contributed by atoms with Crippen LogP contribution in [0, 0.1) is 0 Å². The van der Waals surface area contributed by atoms with Crippen LogP contribution in [0.2, 0.25) is 5.02 Å². The molecule has 2 heterocycles. The topological polar surface area (TPSA) is 59.8 Å². The van der Waals surface area contributed by atoms with E-state index in [1.54, 1.807) is 23.0 Å². The molecule has 5 nitrogen and oxygen atoms in total. The zero-order valence-corrected chi connectivity index (χ0v) is 11.7. The number of halogens is 1. The molecule has 0 unspecified atom stereocenters. The van der Waals surface area contributed by atoms with E-state index in [1.165, 1.54) is 12.4 Å². The first-order valence-corrected chi connectivity index (χ1v) is 6.63. The number of nitrogens with zero attached hydrogens (tertiary/aromatic N) is 3. The largest absolute Gasteiger partial charge is 0.320 e. The summed E-state index contributed by atoms with van der Waals surface area (Å²) in [6.45, 7) is 0. The van der Waals surface area contributed by atoms with Crippen molar-refractivity contribution in [2.45, 2.75) is 0 Å². The highest BCUT2D eigenvalue weighted by molar-refractivity contribution is 6.34. The Bertz CT molecular complexity index is 771. The van der Waals surface area contributed by atoms with Gasteiger partial charge in [0.25, 0.3) is 5.91 Å². The van der Waals surface area contributed by atoms with Gasteiger partial charge in [0.05, 0.1) is 22.0 Å². The average Bonchev–Trinajstić information content (AvgIpc) is 3.02. The van der Waals surface area contributed by atoms with Crippen LogP contribution in [0.4, 0.5) is 5.69 Å². The minimum atomic E-state index is -0.312. The number of aromatic nitrogens is 3. The number of amides is 1. The Morgan fingerprint density at radius 3 is 2.76 bits per heavy atom. The van der Waals surface area contributed by atoms with Crippen LogP contribution in [0.5, 0.6) is 0 Å². The molecular formula is C15H11ClN4O. The number of nitrogens with one attached hydrogen (secondary N) is 1. The number of rotatable bonds is 3. The average molecular weight is 299 g/mol. The van der Waals surface area contributed by atoms with E-state index in [-0.39, 0.29) is 5.91 Å². The summed E-state index contributed by atoms with van der Waals surface area (Å²) in [4.78, 5) is 16.2. The fourth-order valence-electron chi connectivity index (χ4n) is 1.92. The van der Waals surface area contributed by atoms with E-state index in [0.29, 0.717) is 16.3 Å². The second kappa shape index (κ2) is 5.76. The molecule has 0 aliphatic rings. The van der Waals surface area contributed by atoms with Gasteiger partial charge >= 0.3 is 0 Å². The van der Waals surface area contributed by atoms with Crippen molar-refractivity contribution in [2.75, 3.05) is 5.32 Å². The van der Waals surface area contributed by atoms with Crippen molar-refractivity contribution in [2.24, 2.45) is 0 Å². The maximum absolute atomic E-state index is 12.3. The molecule has 1 N–H and O–H groups in total. The summed E-state index contributed by atoms with van der Waals surface area (Å²) in [6.07, 6.45) is 6.46. The molecule has 1 amide bonds. The van der Waals surface area contributed by atoms with Crippen LogP contribution in [-0.2, 0) is 0 Å². The number of hydrogen-bond acceptors (Lipinski definition) is 3. The van der Waals surface area contributed by atoms with Crippen LogP contribution >= 0.6 is 11.6 Å². The van der Waals surface area contributed by atoms with Gasteiger partial charge in [-0.25, -0.2) is 4.68 Å². The van der Waals surface area contributed by atoms with Gasteiger partial charge in [0.2, 0.25) is 0 Å². The summed E-state index contributed by atoms with van der Waals surface area (Å²) in [6, 6.07) is 10.8. The number of hydrogen-bond donors (Lipinski definition) is 1. The lowest BCUT2D eigenvalue weighted by molar-refractivity contribution is 0.102. The van der Waals surface area contributed by atoms with Crippen molar-refractivity contribution in [1.82, 2.24) is 14.8 Å². The van der Waals surface area contributed by atoms with Gasteiger partial charge in [-0.2, -0.15) is 5.10 Å². The molecule has 6 heteroatoms. The van der Waals surface area contributed by atoms with Gasteiger partial charge in [-0.15, -0.1) is 0 Å². The Kier molecular flexibility index (Phi) is 3.66. The Labute approximate surface area is 126 Å². The Hall–Kier alpha value is -2.66. The van der Waals surface area contributed by atoms with Gasteiger partial charge < -0.3 is 5.32 Å². The molecule has 0 saturated carbocycles. The third-order valence-electron chi connectivity index (χ3n) is 2.92. The standard InChI is InChI=1S/C15H11ClN4O/c16-12-6-8-17-10-11(12)15(21)19-13-4-1-2-5-14(13)20-9-3-7-18-20/h1-10H,(H,19,21). The molecule has 0 atom stereocenters. The highest BCUT2D eigenvalue weighted by Crippen LogP contribution is 2.21. The summed E-state index contributed by atoms with van der Waals surface area (Å²) < 4.78 is 1.68. The highest BCUT2D eigenvalue weighted by atomic mass is 35.5. The van der Waals surface area contributed by atoms with Crippen LogP contribution < -0.4 is 5.32 Å². The summed E-state index contributed by atoms with van der Waals surface area (Å²) in [5.74, 6) is -0.312. The van der Waals surface area contributed by atoms with Gasteiger partial charge in [-0.3, -0.25) is 9.78 Å². The van der Waals surface area contributed by atoms with Gasteiger partial charge in [0.15, 0.2) is 0 Å². The monoisotopic (exact) mass is 298 g/mol. The highest BCUT2D eigenvalue weighted by Gasteiger charge is 2.13. The first-order valence-electron chi connectivity index (χ1n) is 6.25. The third kappa shape index (κ3) is 2.78. The van der Waals surface area contributed by atoms with Crippen molar-refractivity contribution in [1.29, 1.82) is 0 Å². The maximum atomic E-state index is 12.3. The number of carbonyl (C=O) groups is 1. The minimum absolute atomic E-state index is 0.312. The second-order valence-electron chi connectivity index (χ2n) is 4.28. The van der Waals surface area contributed by atoms with Crippen molar-refractivity contribution in [3.05, 3.63) is 71.8 Å². The molecular weight excluding hydrogens is 288 g/mol. The number of para-hydroxylation sites is 2. The zero-order valence-electron chi connectivity index (χ0n) is 10.9. The molecule has 1 aromatic carbocycles. The zero-order chi connectivity index (χ0) is 14.7. The Balaban J connectivity index is 1.93. The maximum Gasteiger partial charge on any atom is 0.258 e. The van der Waals surface area contributed by atoms with Crippen molar-refractivity contribution < 1.29 is 4.79 Å². The normalized spacial score (nSPS) is 10.3. The molecule has 0 aliphatic carbocycles. The quantitative estimate of drug-likeness (QED) is 0.808. The molecule has 3 rings (SSSR count). The lowest BCUT2D eigenvalue weighted by Crippen LogP contribution is -2.14. The van der Waals surface area contributed by atoms with Crippen molar-refractivity contribution in [3.8, 4) is 5.69 Å². The van der Waals surface area contributed by atoms with Crippen LogP contribution in [0.1, 0.15) is 10.4 Å². The minimum Gasteiger partial charge on any atom is -0.320 e. The van der Waals surface area contributed by atoms with Crippen LogP contribution in [0.15, 0.2) is 61.2 Å². The first-order chi connectivity index (χ1) is 10.3. The van der Waals surface area contributed by atoms with Gasteiger partial charge in [0, 0.05) is 24.8 Å². The summed E-state index contributed by atoms with van der Waals surface area (Å²) in [5, 5.41) is 7.36. The fourth-order valence-corrected chi connectivity index (χ4v) is 2.12. The molecule has 104 valence electrons. The van der Waals surface area contributed by atoms with Crippen molar-refractivity contribution in [3.63, 3.8) is 0 Å². The van der Waals surface area contributed by atoms with E-state index in [0.717, 1.165) is 5.69 Å². The molecule has 0 bridgehead atoms. The Morgan fingerprint density at radius 1 is 1.14 bits per heavy atom. The van der Waals surface area contributed by atoms with E-state index >= 15 is 0 Å². The van der Waals surface area contributed by atoms with Gasteiger partial charge in [0.1, 0.15) is 0 Å². The summed E-state index contributed by atoms with van der Waals surface area (Å²) in [7, 11) is 0. The van der Waals surface area contributed by atoms with E-state index in [1.807, 2.05) is 30.5 Å². The number of carbonyl (C=O) groups excluding carboxylic acids is 1. The predicted molar refractivity (Wildman–Crippen MR) is 80.8 cm³/mol. The van der Waals surface area contributed by atoms with Gasteiger partial charge in [-0.1, -0.05) is 23.7 Å². The fraction of sp³-hybridized carbons (Fsp3) is 0. The molecule has 2 aromatic heterocycles. The molecule has 0 saturated heterocycles. The Morgan fingerprint density at radius 2 is 2.00 bits per heavy atom. The third-order valence-corrected chi connectivity index (χ3v) is 3.25. The number of anilines is 1. The van der Waals surface area contributed by atoms with E-state index in [9.17, 15) is 4.79 Å². The number of benzene rings is 1. The molecule has 0 fully saturated rings. The lowest BCUT2D eigenvalue weighted by atomic mass is 10.2. The second-order valence-corrected chi connectivity index (χ2v) is 4.68. The smallest absolute Gasteiger partial charge is 0.258 e. The van der Waals surface area contributed by atoms with Crippen LogP contribution in [0.25, 0.3) is 5.69 Å². The summed E-state index contributed by atoms with van der Waals surface area (Å²) >= 11 is 6.01. The van der Waals surface area contributed by atoms with E-state index < -0.39 is 0 Å². The summed E-state index contributed by atoms with van der Waals surface area (Å²) in [5.41, 5.74) is 1.75. The predicted octanol–water partition coefficient (Wildman–Crippen LogP) is 3.17. The first kappa shape index (κ1) is 13.3. The molecule has 0 spiro atoms. The van der Waals surface area contributed by atoms with Crippen LogP contribution in [-0.4, -0.2) is 20.7 Å². The number of pyridine rings is 1. The van der Waals surface area contributed by atoms with Crippen LogP contribution in [0.3, 0.4) is 0 Å². The van der Waals surface area contributed by atoms with E-state index in [2.05, 4.69) is 15.4 Å². The SMILES string of the molecule is O=C(Nc1ccccc1-n1cccn1)c1cnccc1Cl. The molecule has 21 heavy (non-hydrogen) atoms. The van der Waals surface area contributed by atoms with Gasteiger partial charge in [-0.05, 0) is 24.3 Å². The van der Waals surface area contributed by atoms with Crippen molar-refractivity contribution >= 4 is 23.2 Å². The van der Waals surface area contributed by atoms with E-state index in [4.69, 9.17) is 11.6 Å². The molecule has 0 radical (unpaired) electrons. The lowest BCUT2D eigenvalue weighted by Gasteiger charge is -2.11. The molecule has 3 aromatic rings. The molecule has 0 aliphatic heterocycles.